The van der Waals surface area contributed by atoms with Crippen LogP contribution in [0.1, 0.15) is 49.5 Å². The van der Waals surface area contributed by atoms with E-state index in [-0.39, 0.29) is 12.1 Å². The van der Waals surface area contributed by atoms with Gasteiger partial charge in [-0.2, -0.15) is 0 Å². The van der Waals surface area contributed by atoms with E-state index < -0.39 is 5.60 Å². The van der Waals surface area contributed by atoms with Gasteiger partial charge < -0.3 is 19.3 Å². The van der Waals surface area contributed by atoms with E-state index in [0.29, 0.717) is 24.0 Å². The molecule has 0 aliphatic carbocycles. The van der Waals surface area contributed by atoms with Crippen molar-refractivity contribution in [2.24, 2.45) is 11.8 Å². The third-order valence-electron chi connectivity index (χ3n) is 5.80. The molecule has 27 heavy (non-hydrogen) atoms. The molecule has 6 nitrogen and oxygen atoms in total. The lowest BCUT2D eigenvalue weighted by molar-refractivity contribution is -0.0131. The number of anilines is 1. The minimum absolute atomic E-state index is 0.189. The first kappa shape index (κ1) is 18.1. The summed E-state index contributed by atoms with van der Waals surface area (Å²) < 4.78 is 10.5. The van der Waals surface area contributed by atoms with Crippen molar-refractivity contribution in [3.63, 3.8) is 0 Å². The predicted octanol–water partition coefficient (Wildman–Crippen LogP) is 3.44. The van der Waals surface area contributed by atoms with Crippen molar-refractivity contribution < 1.29 is 19.1 Å². The number of hydrogen-bond donors (Lipinski definition) is 0. The van der Waals surface area contributed by atoms with Crippen molar-refractivity contribution in [2.45, 2.75) is 45.8 Å². The quantitative estimate of drug-likeness (QED) is 0.745. The first-order chi connectivity index (χ1) is 12.8. The average Bonchev–Trinajstić information content (AvgIpc) is 2.93. The standard InChI is InChI=1S/C21H28N2O4/c1-21(2,3)27-20(25)23-11-16(12-23)14-6-8-22(9-7-14)17-4-5-18-15(10-17)13-26-19(18)24/h4-5,10,14,16H,6-9,11-13H2,1-3H3. The Balaban J connectivity index is 1.27. The second-order valence-corrected chi connectivity index (χ2v) is 8.89. The van der Waals surface area contributed by atoms with Gasteiger partial charge in [0.2, 0.25) is 0 Å². The molecule has 0 spiro atoms. The van der Waals surface area contributed by atoms with Crippen LogP contribution in [0.3, 0.4) is 0 Å². The van der Waals surface area contributed by atoms with Crippen LogP contribution in [0.4, 0.5) is 10.5 Å². The van der Waals surface area contributed by atoms with Gasteiger partial charge in [0.25, 0.3) is 0 Å². The molecule has 0 unspecified atom stereocenters. The highest BCUT2D eigenvalue weighted by Gasteiger charge is 2.39. The number of rotatable bonds is 2. The molecule has 3 aliphatic heterocycles. The molecular weight excluding hydrogens is 344 g/mol. The number of fused-ring (bicyclic) bond motifs is 1. The van der Waals surface area contributed by atoms with Gasteiger partial charge in [-0.15, -0.1) is 0 Å². The first-order valence-corrected chi connectivity index (χ1v) is 9.83. The Morgan fingerprint density at radius 3 is 2.52 bits per heavy atom. The Kier molecular flexibility index (Phi) is 4.52. The molecule has 6 heteroatoms. The SMILES string of the molecule is CC(C)(C)OC(=O)N1CC(C2CCN(c3ccc4c(c3)COC4=O)CC2)C1. The van der Waals surface area contributed by atoms with Gasteiger partial charge in [-0.3, -0.25) is 0 Å². The van der Waals surface area contributed by atoms with Crippen LogP contribution in [0.15, 0.2) is 18.2 Å². The predicted molar refractivity (Wildman–Crippen MR) is 102 cm³/mol. The van der Waals surface area contributed by atoms with Crippen LogP contribution in [-0.2, 0) is 16.1 Å². The number of esters is 1. The van der Waals surface area contributed by atoms with E-state index in [1.807, 2.05) is 37.8 Å². The van der Waals surface area contributed by atoms with Crippen molar-refractivity contribution in [3.05, 3.63) is 29.3 Å². The number of hydrogen-bond acceptors (Lipinski definition) is 5. The largest absolute Gasteiger partial charge is 0.457 e. The van der Waals surface area contributed by atoms with Gasteiger partial charge in [-0.05, 0) is 63.6 Å². The number of ether oxygens (including phenoxy) is 2. The van der Waals surface area contributed by atoms with Gasteiger partial charge in [0.1, 0.15) is 12.2 Å². The summed E-state index contributed by atoms with van der Waals surface area (Å²) in [6.45, 7) is 9.76. The zero-order valence-corrected chi connectivity index (χ0v) is 16.4. The van der Waals surface area contributed by atoms with Gasteiger partial charge in [-0.25, -0.2) is 9.59 Å². The molecule has 0 radical (unpaired) electrons. The molecule has 2 fully saturated rings. The van der Waals surface area contributed by atoms with Crippen molar-refractivity contribution in [1.82, 2.24) is 4.90 Å². The number of amides is 1. The zero-order chi connectivity index (χ0) is 19.2. The molecule has 1 aromatic carbocycles. The fourth-order valence-corrected chi connectivity index (χ4v) is 4.23. The third-order valence-corrected chi connectivity index (χ3v) is 5.80. The minimum atomic E-state index is -0.432. The van der Waals surface area contributed by atoms with Crippen LogP contribution in [0.2, 0.25) is 0 Å². The molecule has 4 rings (SSSR count). The summed E-state index contributed by atoms with van der Waals surface area (Å²) in [7, 11) is 0. The van der Waals surface area contributed by atoms with Gasteiger partial charge in [0.05, 0.1) is 5.56 Å². The Hall–Kier alpha value is -2.24. The average molecular weight is 372 g/mol. The van der Waals surface area contributed by atoms with E-state index >= 15 is 0 Å². The number of carbonyl (C=O) groups is 2. The molecule has 0 bridgehead atoms. The minimum Gasteiger partial charge on any atom is -0.457 e. The van der Waals surface area contributed by atoms with Crippen LogP contribution in [-0.4, -0.2) is 48.7 Å². The van der Waals surface area contributed by atoms with E-state index in [9.17, 15) is 9.59 Å². The maximum absolute atomic E-state index is 12.1. The van der Waals surface area contributed by atoms with E-state index in [4.69, 9.17) is 9.47 Å². The monoisotopic (exact) mass is 372 g/mol. The number of carbonyl (C=O) groups excluding carboxylic acids is 2. The number of cyclic esters (lactones) is 1. The fourth-order valence-electron chi connectivity index (χ4n) is 4.23. The third kappa shape index (κ3) is 3.75. The Labute approximate surface area is 160 Å². The smallest absolute Gasteiger partial charge is 0.410 e. The lowest BCUT2D eigenvalue weighted by Crippen LogP contribution is -2.55. The van der Waals surface area contributed by atoms with Gasteiger partial charge in [-0.1, -0.05) is 0 Å². The number of nitrogens with zero attached hydrogens (tertiary/aromatic N) is 2. The lowest BCUT2D eigenvalue weighted by Gasteiger charge is -2.46. The highest BCUT2D eigenvalue weighted by atomic mass is 16.6. The summed E-state index contributed by atoms with van der Waals surface area (Å²) in [4.78, 5) is 27.9. The molecule has 0 atom stereocenters. The van der Waals surface area contributed by atoms with Crippen LogP contribution in [0, 0.1) is 11.8 Å². The van der Waals surface area contributed by atoms with Crippen LogP contribution >= 0.6 is 0 Å². The zero-order valence-electron chi connectivity index (χ0n) is 16.4. The normalized spacial score (nSPS) is 20.9. The molecule has 146 valence electrons. The molecular formula is C21H28N2O4. The van der Waals surface area contributed by atoms with Gasteiger partial charge >= 0.3 is 12.1 Å². The molecule has 0 N–H and O–H groups in total. The molecule has 0 saturated carbocycles. The van der Waals surface area contributed by atoms with Crippen LogP contribution in [0.5, 0.6) is 0 Å². The molecule has 1 aromatic rings. The second kappa shape index (κ2) is 6.73. The van der Waals surface area contributed by atoms with Crippen LogP contribution in [0.25, 0.3) is 0 Å². The first-order valence-electron chi connectivity index (χ1n) is 9.83. The maximum Gasteiger partial charge on any atom is 0.410 e. The summed E-state index contributed by atoms with van der Waals surface area (Å²) in [6.07, 6.45) is 2.09. The van der Waals surface area contributed by atoms with E-state index in [1.54, 1.807) is 0 Å². The van der Waals surface area contributed by atoms with E-state index in [2.05, 4.69) is 11.0 Å². The fraction of sp³-hybridized carbons (Fsp3) is 0.619. The summed E-state index contributed by atoms with van der Waals surface area (Å²) >= 11 is 0. The van der Waals surface area contributed by atoms with Crippen molar-refractivity contribution in [1.29, 1.82) is 0 Å². The molecule has 1 amide bonds. The molecule has 2 saturated heterocycles. The number of piperidine rings is 1. The summed E-state index contributed by atoms with van der Waals surface area (Å²) in [5.41, 5.74) is 2.44. The van der Waals surface area contributed by atoms with E-state index in [0.717, 1.165) is 44.6 Å². The van der Waals surface area contributed by atoms with Crippen molar-refractivity contribution in [2.75, 3.05) is 31.1 Å². The lowest BCUT2D eigenvalue weighted by atomic mass is 9.79. The summed E-state index contributed by atoms with van der Waals surface area (Å²) in [6, 6.07) is 6.00. The number of benzene rings is 1. The molecule has 3 aliphatic rings. The summed E-state index contributed by atoms with van der Waals surface area (Å²) in [5, 5.41) is 0. The highest BCUT2D eigenvalue weighted by Crippen LogP contribution is 2.35. The Bertz CT molecular complexity index is 741. The van der Waals surface area contributed by atoms with Crippen molar-refractivity contribution >= 4 is 17.7 Å². The maximum atomic E-state index is 12.1. The Morgan fingerprint density at radius 1 is 1.15 bits per heavy atom. The van der Waals surface area contributed by atoms with E-state index in [1.165, 1.54) is 5.69 Å². The number of likely N-dealkylation sites (tertiary alicyclic amines) is 1. The highest BCUT2D eigenvalue weighted by molar-refractivity contribution is 5.93. The molecule has 3 heterocycles. The summed E-state index contributed by atoms with van der Waals surface area (Å²) in [5.74, 6) is 1.04. The van der Waals surface area contributed by atoms with Crippen LogP contribution < -0.4 is 4.90 Å². The van der Waals surface area contributed by atoms with Crippen molar-refractivity contribution in [3.8, 4) is 0 Å². The molecule has 0 aromatic heterocycles. The Morgan fingerprint density at radius 2 is 1.85 bits per heavy atom. The van der Waals surface area contributed by atoms with Gasteiger partial charge in [0.15, 0.2) is 0 Å². The topological polar surface area (TPSA) is 59.1 Å². The van der Waals surface area contributed by atoms with Gasteiger partial charge in [0, 0.05) is 37.4 Å². The second-order valence-electron chi connectivity index (χ2n) is 8.89.